The summed E-state index contributed by atoms with van der Waals surface area (Å²) in [6.07, 6.45) is -2.87. The fourth-order valence-electron chi connectivity index (χ4n) is 2.10. The van der Waals surface area contributed by atoms with Gasteiger partial charge in [-0.3, -0.25) is 4.79 Å². The standard InChI is InChI=1S/C13H9ClF2N4O/c1-6-9-12(17-11(10(15)16)18-13(9)21)20(19-6)8-4-2-3-7(14)5-8/h2-5,10H,1H3,(H,17,18,21). The number of H-pyrrole nitrogens is 1. The first-order chi connectivity index (χ1) is 9.97. The Balaban J connectivity index is 2.36. The van der Waals surface area contributed by atoms with Gasteiger partial charge in [-0.15, -0.1) is 0 Å². The average Bonchev–Trinajstić information content (AvgIpc) is 2.76. The van der Waals surface area contributed by atoms with Crippen LogP contribution in [0.1, 0.15) is 17.9 Å². The highest BCUT2D eigenvalue weighted by Gasteiger charge is 2.18. The van der Waals surface area contributed by atoms with Gasteiger partial charge in [0.25, 0.3) is 12.0 Å². The molecule has 3 aromatic rings. The van der Waals surface area contributed by atoms with E-state index in [9.17, 15) is 13.6 Å². The van der Waals surface area contributed by atoms with Gasteiger partial charge in [0.2, 0.25) is 0 Å². The molecule has 2 heterocycles. The zero-order valence-corrected chi connectivity index (χ0v) is 11.5. The third-order valence-corrected chi connectivity index (χ3v) is 3.23. The molecule has 5 nitrogen and oxygen atoms in total. The van der Waals surface area contributed by atoms with Crippen LogP contribution in [0, 0.1) is 6.92 Å². The number of aromatic amines is 1. The molecule has 0 aliphatic rings. The summed E-state index contributed by atoms with van der Waals surface area (Å²) in [7, 11) is 0. The Kier molecular flexibility index (Phi) is 3.21. The smallest absolute Gasteiger partial charge is 0.295 e. The van der Waals surface area contributed by atoms with E-state index in [4.69, 9.17) is 11.6 Å². The highest BCUT2D eigenvalue weighted by molar-refractivity contribution is 6.30. The number of halogens is 3. The largest absolute Gasteiger partial charge is 0.305 e. The second kappa shape index (κ2) is 4.92. The van der Waals surface area contributed by atoms with Gasteiger partial charge in [-0.25, -0.2) is 18.4 Å². The van der Waals surface area contributed by atoms with E-state index >= 15 is 0 Å². The number of alkyl halides is 2. The lowest BCUT2D eigenvalue weighted by atomic mass is 10.3. The van der Waals surface area contributed by atoms with Crippen molar-refractivity contribution < 1.29 is 8.78 Å². The Hall–Kier alpha value is -2.28. The number of hydrogen-bond donors (Lipinski definition) is 1. The second-order valence-corrected chi connectivity index (χ2v) is 4.86. The maximum absolute atomic E-state index is 12.8. The van der Waals surface area contributed by atoms with E-state index in [0.717, 1.165) is 0 Å². The Morgan fingerprint density at radius 3 is 2.81 bits per heavy atom. The van der Waals surface area contributed by atoms with Crippen LogP contribution >= 0.6 is 11.6 Å². The van der Waals surface area contributed by atoms with Gasteiger partial charge in [0.05, 0.1) is 11.4 Å². The molecule has 0 unspecified atom stereocenters. The number of aromatic nitrogens is 4. The van der Waals surface area contributed by atoms with Crippen LogP contribution in [0.25, 0.3) is 16.7 Å². The molecule has 0 radical (unpaired) electrons. The van der Waals surface area contributed by atoms with Crippen LogP contribution in [-0.4, -0.2) is 19.7 Å². The van der Waals surface area contributed by atoms with Gasteiger partial charge in [0, 0.05) is 5.02 Å². The van der Waals surface area contributed by atoms with E-state index in [-0.39, 0.29) is 11.0 Å². The first-order valence-corrected chi connectivity index (χ1v) is 6.39. The molecule has 21 heavy (non-hydrogen) atoms. The van der Waals surface area contributed by atoms with Crippen molar-refractivity contribution in [3.63, 3.8) is 0 Å². The van der Waals surface area contributed by atoms with E-state index in [1.165, 1.54) is 4.68 Å². The van der Waals surface area contributed by atoms with Gasteiger partial charge in [0.1, 0.15) is 5.39 Å². The van der Waals surface area contributed by atoms with Crippen LogP contribution in [0.4, 0.5) is 8.78 Å². The topological polar surface area (TPSA) is 63.6 Å². The molecule has 0 spiro atoms. The highest BCUT2D eigenvalue weighted by Crippen LogP contribution is 2.21. The van der Waals surface area contributed by atoms with Gasteiger partial charge < -0.3 is 4.98 Å². The molecule has 8 heteroatoms. The van der Waals surface area contributed by atoms with Crippen molar-refractivity contribution in [3.8, 4) is 5.69 Å². The number of nitrogens with one attached hydrogen (secondary N) is 1. The van der Waals surface area contributed by atoms with Gasteiger partial charge in [-0.05, 0) is 25.1 Å². The number of benzene rings is 1. The molecule has 2 aromatic heterocycles. The van der Waals surface area contributed by atoms with Crippen LogP contribution < -0.4 is 5.56 Å². The fourth-order valence-corrected chi connectivity index (χ4v) is 2.28. The molecular weight excluding hydrogens is 302 g/mol. The fraction of sp³-hybridized carbons (Fsp3) is 0.154. The van der Waals surface area contributed by atoms with Gasteiger partial charge in [0.15, 0.2) is 11.5 Å². The summed E-state index contributed by atoms with van der Waals surface area (Å²) < 4.78 is 26.9. The van der Waals surface area contributed by atoms with Gasteiger partial charge >= 0.3 is 0 Å². The van der Waals surface area contributed by atoms with Crippen molar-refractivity contribution in [2.24, 2.45) is 0 Å². The molecule has 1 aromatic carbocycles. The minimum absolute atomic E-state index is 0.0776. The normalized spacial score (nSPS) is 11.5. The van der Waals surface area contributed by atoms with E-state index in [0.29, 0.717) is 16.4 Å². The predicted octanol–water partition coefficient (Wildman–Crippen LogP) is 3.01. The molecule has 1 N–H and O–H groups in total. The highest BCUT2D eigenvalue weighted by atomic mass is 35.5. The van der Waals surface area contributed by atoms with Crippen molar-refractivity contribution >= 4 is 22.6 Å². The number of nitrogens with zero attached hydrogens (tertiary/aromatic N) is 3. The summed E-state index contributed by atoms with van der Waals surface area (Å²) in [6, 6.07) is 6.68. The van der Waals surface area contributed by atoms with E-state index in [1.807, 2.05) is 0 Å². The van der Waals surface area contributed by atoms with Crippen LogP contribution in [0.2, 0.25) is 5.02 Å². The van der Waals surface area contributed by atoms with Crippen molar-refractivity contribution in [1.29, 1.82) is 0 Å². The van der Waals surface area contributed by atoms with Crippen LogP contribution in [0.5, 0.6) is 0 Å². The lowest BCUT2D eigenvalue weighted by Gasteiger charge is -2.04. The molecule has 0 fully saturated rings. The summed E-state index contributed by atoms with van der Waals surface area (Å²) in [4.78, 5) is 17.8. The number of rotatable bonds is 2. The monoisotopic (exact) mass is 310 g/mol. The maximum atomic E-state index is 12.8. The Labute approximate surface area is 122 Å². The molecule has 0 amide bonds. The molecule has 0 atom stereocenters. The Bertz CT molecular complexity index is 887. The van der Waals surface area contributed by atoms with Gasteiger partial charge in [-0.1, -0.05) is 17.7 Å². The van der Waals surface area contributed by atoms with Crippen LogP contribution in [0.3, 0.4) is 0 Å². The third-order valence-electron chi connectivity index (χ3n) is 2.99. The van der Waals surface area contributed by atoms with E-state index in [2.05, 4.69) is 15.1 Å². The molecule has 108 valence electrons. The minimum Gasteiger partial charge on any atom is -0.305 e. The van der Waals surface area contributed by atoms with Crippen molar-refractivity contribution in [1.82, 2.24) is 19.7 Å². The maximum Gasteiger partial charge on any atom is 0.295 e. The summed E-state index contributed by atoms with van der Waals surface area (Å²) >= 11 is 5.92. The molecule has 0 bridgehead atoms. The average molecular weight is 311 g/mol. The third kappa shape index (κ3) is 2.29. The zero-order valence-electron chi connectivity index (χ0n) is 10.8. The first-order valence-electron chi connectivity index (χ1n) is 6.01. The molecule has 0 aliphatic carbocycles. The zero-order chi connectivity index (χ0) is 15.1. The number of aryl methyl sites for hydroxylation is 1. The van der Waals surface area contributed by atoms with Crippen molar-refractivity contribution in [2.75, 3.05) is 0 Å². The minimum atomic E-state index is -2.87. The lowest BCUT2D eigenvalue weighted by molar-refractivity contribution is 0.140. The summed E-state index contributed by atoms with van der Waals surface area (Å²) in [6.45, 7) is 1.61. The summed E-state index contributed by atoms with van der Waals surface area (Å²) in [5, 5.41) is 4.84. The Morgan fingerprint density at radius 1 is 1.38 bits per heavy atom. The molecule has 0 saturated heterocycles. The SMILES string of the molecule is Cc1nn(-c2cccc(Cl)c2)c2nc(C(F)F)[nH]c(=O)c12. The van der Waals surface area contributed by atoms with E-state index < -0.39 is 17.8 Å². The van der Waals surface area contributed by atoms with Crippen LogP contribution in [-0.2, 0) is 0 Å². The lowest BCUT2D eigenvalue weighted by Crippen LogP contribution is -2.13. The summed E-state index contributed by atoms with van der Waals surface area (Å²) in [5.74, 6) is -0.685. The molecule has 3 rings (SSSR count). The molecule has 0 saturated carbocycles. The van der Waals surface area contributed by atoms with Crippen molar-refractivity contribution in [2.45, 2.75) is 13.3 Å². The van der Waals surface area contributed by atoms with Gasteiger partial charge in [-0.2, -0.15) is 5.10 Å². The van der Waals surface area contributed by atoms with Crippen molar-refractivity contribution in [3.05, 3.63) is 51.2 Å². The number of hydrogen-bond acceptors (Lipinski definition) is 3. The quantitative estimate of drug-likeness (QED) is 0.791. The van der Waals surface area contributed by atoms with Crippen LogP contribution in [0.15, 0.2) is 29.1 Å². The predicted molar refractivity (Wildman–Crippen MR) is 74.2 cm³/mol. The number of fused-ring (bicyclic) bond motifs is 1. The Morgan fingerprint density at radius 2 is 2.14 bits per heavy atom. The van der Waals surface area contributed by atoms with E-state index in [1.54, 1.807) is 31.2 Å². The summed E-state index contributed by atoms with van der Waals surface area (Å²) in [5.41, 5.74) is 0.383. The molecular formula is C13H9ClF2N4O. The first kappa shape index (κ1) is 13.7. The molecule has 0 aliphatic heterocycles. The second-order valence-electron chi connectivity index (χ2n) is 4.43.